The Morgan fingerprint density at radius 1 is 0.892 bits per heavy atom. The summed E-state index contributed by atoms with van der Waals surface area (Å²) in [5.74, 6) is -1.14. The number of rotatable bonds is 5. The van der Waals surface area contributed by atoms with Crippen LogP contribution < -0.4 is 4.90 Å². The Bertz CT molecular complexity index is 1540. The second-order valence-corrected chi connectivity index (χ2v) is 9.87. The smallest absolute Gasteiger partial charge is 0.313 e. The molecule has 37 heavy (non-hydrogen) atoms. The molecule has 0 bridgehead atoms. The van der Waals surface area contributed by atoms with E-state index in [9.17, 15) is 14.7 Å². The van der Waals surface area contributed by atoms with Crippen LogP contribution in [0.1, 0.15) is 25.0 Å². The number of fused-ring (bicyclic) bond motifs is 1. The van der Waals surface area contributed by atoms with E-state index in [1.807, 2.05) is 42.5 Å². The third-order valence-corrected chi connectivity index (χ3v) is 7.10. The highest BCUT2D eigenvalue weighted by Gasteiger charge is 2.33. The van der Waals surface area contributed by atoms with Gasteiger partial charge in [-0.15, -0.1) is 0 Å². The number of hydrogen-bond acceptors (Lipinski definition) is 4. The predicted molar refractivity (Wildman–Crippen MR) is 147 cm³/mol. The summed E-state index contributed by atoms with van der Waals surface area (Å²) in [4.78, 5) is 34.9. The van der Waals surface area contributed by atoms with Gasteiger partial charge in [0.1, 0.15) is 5.71 Å². The average Bonchev–Trinajstić information content (AvgIpc) is 3.13. The number of carboxylic acids is 1. The lowest BCUT2D eigenvalue weighted by Crippen LogP contribution is -2.28. The van der Waals surface area contributed by atoms with Crippen molar-refractivity contribution in [1.82, 2.24) is 4.98 Å². The van der Waals surface area contributed by atoms with Gasteiger partial charge >= 0.3 is 5.97 Å². The Hall–Kier alpha value is -4.29. The number of hydrogen-bond donors (Lipinski definition) is 1. The number of carbonyl (C=O) groups is 2. The summed E-state index contributed by atoms with van der Waals surface area (Å²) >= 11 is 6.67. The number of halogens is 1. The summed E-state index contributed by atoms with van der Waals surface area (Å²) in [6, 6.07) is 22.6. The van der Waals surface area contributed by atoms with E-state index in [1.54, 1.807) is 63.6 Å². The van der Waals surface area contributed by atoms with Gasteiger partial charge in [0, 0.05) is 30.6 Å². The van der Waals surface area contributed by atoms with E-state index < -0.39 is 11.4 Å². The third-order valence-electron chi connectivity index (χ3n) is 6.78. The van der Waals surface area contributed by atoms with Crippen molar-refractivity contribution in [3.8, 4) is 22.3 Å². The molecule has 6 nitrogen and oxygen atoms in total. The van der Waals surface area contributed by atoms with E-state index in [2.05, 4.69) is 9.98 Å². The van der Waals surface area contributed by atoms with E-state index in [1.165, 1.54) is 4.90 Å². The molecule has 2 heterocycles. The van der Waals surface area contributed by atoms with Crippen LogP contribution in [-0.2, 0) is 15.0 Å². The van der Waals surface area contributed by atoms with Gasteiger partial charge < -0.3 is 10.0 Å². The number of aliphatic imine (C=N–C) groups is 1. The zero-order valence-corrected chi connectivity index (χ0v) is 21.3. The van der Waals surface area contributed by atoms with Crippen molar-refractivity contribution in [1.29, 1.82) is 0 Å². The number of nitrogens with zero attached hydrogens (tertiary/aromatic N) is 3. The molecule has 1 aliphatic heterocycles. The Morgan fingerprint density at radius 2 is 1.49 bits per heavy atom. The van der Waals surface area contributed by atoms with Crippen LogP contribution in [-0.4, -0.2) is 34.7 Å². The van der Waals surface area contributed by atoms with Crippen LogP contribution in [0.4, 0.5) is 11.4 Å². The van der Waals surface area contributed by atoms with E-state index in [0.717, 1.165) is 22.3 Å². The SMILES string of the molecule is CN1C(=O)C(=Nc2ccc(C(C)(C)C(=O)O)cc2)c2cc(-c3ccc(-c4ccncc4)cc3)c(Cl)cc21. The quantitative estimate of drug-likeness (QED) is 0.331. The molecule has 0 spiro atoms. The van der Waals surface area contributed by atoms with Crippen LogP contribution in [0.3, 0.4) is 0 Å². The maximum atomic E-state index is 13.1. The third kappa shape index (κ3) is 4.41. The van der Waals surface area contributed by atoms with Crippen molar-refractivity contribution in [2.45, 2.75) is 19.3 Å². The summed E-state index contributed by atoms with van der Waals surface area (Å²) in [5, 5.41) is 10.0. The minimum Gasteiger partial charge on any atom is -0.481 e. The highest BCUT2D eigenvalue weighted by molar-refractivity contribution is 6.55. The van der Waals surface area contributed by atoms with E-state index in [4.69, 9.17) is 11.6 Å². The first-order valence-corrected chi connectivity index (χ1v) is 12.1. The highest BCUT2D eigenvalue weighted by atomic mass is 35.5. The van der Waals surface area contributed by atoms with Gasteiger partial charge in [-0.05, 0) is 72.5 Å². The Labute approximate surface area is 219 Å². The lowest BCUT2D eigenvalue weighted by molar-refractivity contribution is -0.142. The summed E-state index contributed by atoms with van der Waals surface area (Å²) in [7, 11) is 1.70. The molecule has 7 heteroatoms. The number of likely N-dealkylation sites (N-methyl/N-ethyl adjacent to an activating group) is 1. The summed E-state index contributed by atoms with van der Waals surface area (Å²) in [6.07, 6.45) is 3.52. The van der Waals surface area contributed by atoms with Crippen LogP contribution in [0.25, 0.3) is 22.3 Å². The molecule has 0 radical (unpaired) electrons. The first-order valence-electron chi connectivity index (χ1n) is 11.7. The molecule has 3 aromatic carbocycles. The molecule has 184 valence electrons. The second-order valence-electron chi connectivity index (χ2n) is 9.46. The van der Waals surface area contributed by atoms with Crippen molar-refractivity contribution >= 4 is 40.6 Å². The monoisotopic (exact) mass is 509 g/mol. The molecule has 0 unspecified atom stereocenters. The van der Waals surface area contributed by atoms with Crippen molar-refractivity contribution in [3.05, 3.63) is 101 Å². The van der Waals surface area contributed by atoms with E-state index >= 15 is 0 Å². The van der Waals surface area contributed by atoms with Gasteiger partial charge in [0.15, 0.2) is 0 Å². The number of aliphatic carboxylic acids is 1. The number of carboxylic acid groups (broad SMARTS) is 1. The summed E-state index contributed by atoms with van der Waals surface area (Å²) in [6.45, 7) is 3.30. The van der Waals surface area contributed by atoms with E-state index in [-0.39, 0.29) is 5.91 Å². The minimum absolute atomic E-state index is 0.230. The number of aromatic nitrogens is 1. The number of carbonyl (C=O) groups excluding carboxylic acids is 1. The fourth-order valence-corrected chi connectivity index (χ4v) is 4.60. The lowest BCUT2D eigenvalue weighted by Gasteiger charge is -2.19. The maximum absolute atomic E-state index is 13.1. The van der Waals surface area contributed by atoms with Gasteiger partial charge in [0.05, 0.1) is 21.8 Å². The van der Waals surface area contributed by atoms with Gasteiger partial charge in [-0.2, -0.15) is 0 Å². The zero-order valence-electron chi connectivity index (χ0n) is 20.6. The highest BCUT2D eigenvalue weighted by Crippen LogP contribution is 2.39. The molecule has 0 saturated carbocycles. The second kappa shape index (κ2) is 9.30. The van der Waals surface area contributed by atoms with Crippen LogP contribution in [0.2, 0.25) is 5.02 Å². The molecule has 0 aliphatic carbocycles. The largest absolute Gasteiger partial charge is 0.481 e. The first kappa shape index (κ1) is 24.4. The number of anilines is 1. The number of pyridine rings is 1. The number of amides is 1. The fourth-order valence-electron chi connectivity index (χ4n) is 4.33. The molecule has 0 saturated heterocycles. The van der Waals surface area contributed by atoms with Crippen LogP contribution in [0.5, 0.6) is 0 Å². The maximum Gasteiger partial charge on any atom is 0.313 e. The van der Waals surface area contributed by atoms with Crippen LogP contribution in [0, 0.1) is 0 Å². The normalized spacial score (nSPS) is 14.2. The van der Waals surface area contributed by atoms with Crippen LogP contribution >= 0.6 is 11.6 Å². The molecule has 0 fully saturated rings. The molecular weight excluding hydrogens is 486 g/mol. The molecule has 0 atom stereocenters. The summed E-state index contributed by atoms with van der Waals surface area (Å²) in [5.41, 5.74) is 5.75. The van der Waals surface area contributed by atoms with Crippen molar-refractivity contribution in [3.63, 3.8) is 0 Å². The minimum atomic E-state index is -1.03. The Morgan fingerprint density at radius 3 is 2.11 bits per heavy atom. The van der Waals surface area contributed by atoms with Crippen molar-refractivity contribution in [2.24, 2.45) is 4.99 Å². The Kier molecular flexibility index (Phi) is 6.13. The molecule has 1 aliphatic rings. The predicted octanol–water partition coefficient (Wildman–Crippen LogP) is 6.53. The fraction of sp³-hybridized carbons (Fsp3) is 0.133. The zero-order chi connectivity index (χ0) is 26.3. The molecule has 4 aromatic rings. The molecule has 1 N–H and O–H groups in total. The number of benzene rings is 3. The van der Waals surface area contributed by atoms with Gasteiger partial charge in [0.25, 0.3) is 5.91 Å². The van der Waals surface area contributed by atoms with Gasteiger partial charge in [-0.1, -0.05) is 48.0 Å². The first-order chi connectivity index (χ1) is 17.7. The lowest BCUT2D eigenvalue weighted by atomic mass is 9.85. The molecule has 5 rings (SSSR count). The average molecular weight is 510 g/mol. The van der Waals surface area contributed by atoms with E-state index in [0.29, 0.717) is 33.2 Å². The van der Waals surface area contributed by atoms with Gasteiger partial charge in [-0.25, -0.2) is 4.99 Å². The Balaban J connectivity index is 1.52. The van der Waals surface area contributed by atoms with Gasteiger partial charge in [0.2, 0.25) is 0 Å². The summed E-state index contributed by atoms with van der Waals surface area (Å²) < 4.78 is 0. The molecular formula is C30H24ClN3O3. The standard InChI is InChI=1S/C30H24ClN3O3/c1-30(2,29(36)37)21-8-10-22(11-9-21)33-27-24-16-23(25(31)17-26(24)34(3)28(27)35)20-6-4-18(5-7-20)19-12-14-32-15-13-19/h4-17H,1-3H3,(H,36,37). The molecule has 1 amide bonds. The van der Waals surface area contributed by atoms with Crippen molar-refractivity contribution < 1.29 is 14.7 Å². The molecule has 1 aromatic heterocycles. The topological polar surface area (TPSA) is 82.9 Å². The van der Waals surface area contributed by atoms with Crippen molar-refractivity contribution in [2.75, 3.05) is 11.9 Å². The van der Waals surface area contributed by atoms with Gasteiger partial charge in [-0.3, -0.25) is 14.6 Å². The van der Waals surface area contributed by atoms with Crippen LogP contribution in [0.15, 0.2) is 90.2 Å².